The van der Waals surface area contributed by atoms with Crippen LogP contribution in [0.4, 0.5) is 0 Å². The van der Waals surface area contributed by atoms with Crippen molar-refractivity contribution >= 4 is 11.3 Å². The molecular formula is C9H13NS. The lowest BCUT2D eigenvalue weighted by Gasteiger charge is -1.84. The van der Waals surface area contributed by atoms with Crippen LogP contribution in [0.2, 0.25) is 0 Å². The molecule has 1 rings (SSSR count). The minimum atomic E-state index is 0.840. The van der Waals surface area contributed by atoms with Gasteiger partial charge in [0.1, 0.15) is 10.9 Å². The van der Waals surface area contributed by atoms with Crippen LogP contribution in [-0.4, -0.2) is 0 Å². The fourth-order valence-corrected chi connectivity index (χ4v) is 1.48. The van der Waals surface area contributed by atoms with E-state index in [1.54, 1.807) is 0 Å². The molecule has 1 heterocycles. The molecule has 1 aromatic heterocycles. The van der Waals surface area contributed by atoms with Crippen molar-refractivity contribution in [1.82, 2.24) is 0 Å². The summed E-state index contributed by atoms with van der Waals surface area (Å²) in [5.74, 6) is 0. The molecule has 0 saturated carbocycles. The molecule has 1 aromatic rings. The molecule has 0 unspecified atom stereocenters. The number of hydrogen-bond donors (Lipinski definition) is 0. The second-order valence-electron chi connectivity index (χ2n) is 1.98. The third kappa shape index (κ3) is 2.36. The van der Waals surface area contributed by atoms with Gasteiger partial charge in [-0.3, -0.25) is 0 Å². The van der Waals surface area contributed by atoms with Gasteiger partial charge in [0.15, 0.2) is 0 Å². The molecule has 60 valence electrons. The number of hydrogen-bond acceptors (Lipinski definition) is 2. The second-order valence-corrected chi connectivity index (χ2v) is 2.86. The fourth-order valence-electron chi connectivity index (χ4n) is 0.613. The predicted molar refractivity (Wildman–Crippen MR) is 49.9 cm³/mol. The van der Waals surface area contributed by atoms with Crippen LogP contribution in [0.3, 0.4) is 0 Å². The highest BCUT2D eigenvalue weighted by atomic mass is 32.1. The van der Waals surface area contributed by atoms with E-state index >= 15 is 0 Å². The van der Waals surface area contributed by atoms with Crippen LogP contribution < -0.4 is 0 Å². The number of aryl methyl sites for hydroxylation is 1. The van der Waals surface area contributed by atoms with Crippen molar-refractivity contribution < 1.29 is 0 Å². The van der Waals surface area contributed by atoms with Crippen LogP contribution in [0, 0.1) is 25.2 Å². The topological polar surface area (TPSA) is 23.8 Å². The van der Waals surface area contributed by atoms with Crippen molar-refractivity contribution in [2.24, 2.45) is 0 Å². The van der Waals surface area contributed by atoms with Crippen molar-refractivity contribution in [3.63, 3.8) is 0 Å². The second kappa shape index (κ2) is 4.92. The molecule has 0 atom stereocenters. The van der Waals surface area contributed by atoms with Gasteiger partial charge in [-0.05, 0) is 30.4 Å². The van der Waals surface area contributed by atoms with Gasteiger partial charge in [0, 0.05) is 0 Å². The van der Waals surface area contributed by atoms with E-state index in [0.29, 0.717) is 0 Å². The highest BCUT2D eigenvalue weighted by Crippen LogP contribution is 2.18. The molecule has 0 aliphatic heterocycles. The van der Waals surface area contributed by atoms with E-state index < -0.39 is 0 Å². The molecule has 0 spiro atoms. The van der Waals surface area contributed by atoms with Gasteiger partial charge in [-0.25, -0.2) is 0 Å². The van der Waals surface area contributed by atoms with Crippen molar-refractivity contribution in [1.29, 1.82) is 5.26 Å². The molecule has 0 fully saturated rings. The van der Waals surface area contributed by atoms with Crippen molar-refractivity contribution in [3.8, 4) is 6.07 Å². The van der Waals surface area contributed by atoms with E-state index in [1.165, 1.54) is 16.9 Å². The normalized spacial score (nSPS) is 7.91. The summed E-state index contributed by atoms with van der Waals surface area (Å²) >= 11 is 1.52. The summed E-state index contributed by atoms with van der Waals surface area (Å²) in [7, 11) is 0. The summed E-state index contributed by atoms with van der Waals surface area (Å²) in [6.45, 7) is 8.00. The minimum Gasteiger partial charge on any atom is -0.192 e. The number of rotatable bonds is 0. The Morgan fingerprint density at radius 3 is 2.09 bits per heavy atom. The highest BCUT2D eigenvalue weighted by molar-refractivity contribution is 7.10. The summed E-state index contributed by atoms with van der Waals surface area (Å²) in [5, 5.41) is 10.5. The van der Waals surface area contributed by atoms with Gasteiger partial charge in [-0.2, -0.15) is 5.26 Å². The SMILES string of the molecule is CC.Cc1csc(C#N)c1C. The van der Waals surface area contributed by atoms with E-state index in [0.717, 1.165) is 10.4 Å². The van der Waals surface area contributed by atoms with Crippen LogP contribution >= 0.6 is 11.3 Å². The average molecular weight is 167 g/mol. The van der Waals surface area contributed by atoms with E-state index in [-0.39, 0.29) is 0 Å². The molecule has 0 N–H and O–H groups in total. The van der Waals surface area contributed by atoms with E-state index in [4.69, 9.17) is 5.26 Å². The molecule has 0 bridgehead atoms. The summed E-state index contributed by atoms with van der Waals surface area (Å²) in [5.41, 5.74) is 2.35. The zero-order chi connectivity index (χ0) is 8.85. The van der Waals surface area contributed by atoms with Gasteiger partial charge in [0.25, 0.3) is 0 Å². The molecule has 11 heavy (non-hydrogen) atoms. The van der Waals surface area contributed by atoms with Crippen LogP contribution in [0.5, 0.6) is 0 Å². The average Bonchev–Trinajstić information content (AvgIpc) is 2.37. The summed E-state index contributed by atoms with van der Waals surface area (Å²) in [6, 6.07) is 2.13. The van der Waals surface area contributed by atoms with Crippen LogP contribution in [0.15, 0.2) is 5.38 Å². The molecule has 0 amide bonds. The summed E-state index contributed by atoms with van der Waals surface area (Å²) < 4.78 is 0. The Balaban J connectivity index is 0.000000461. The zero-order valence-corrected chi connectivity index (χ0v) is 8.25. The Kier molecular flexibility index (Phi) is 4.56. The molecule has 0 aliphatic carbocycles. The lowest BCUT2D eigenvalue weighted by Crippen LogP contribution is -1.72. The zero-order valence-electron chi connectivity index (χ0n) is 7.43. The largest absolute Gasteiger partial charge is 0.192 e. The maximum Gasteiger partial charge on any atom is 0.110 e. The first-order valence-corrected chi connectivity index (χ1v) is 4.58. The summed E-state index contributed by atoms with van der Waals surface area (Å²) in [6.07, 6.45) is 0. The van der Waals surface area contributed by atoms with E-state index in [2.05, 4.69) is 6.07 Å². The third-order valence-corrected chi connectivity index (χ3v) is 2.49. The van der Waals surface area contributed by atoms with Crippen LogP contribution in [-0.2, 0) is 0 Å². The minimum absolute atomic E-state index is 0.840. The van der Waals surface area contributed by atoms with Crippen LogP contribution in [0.25, 0.3) is 0 Å². The van der Waals surface area contributed by atoms with Crippen molar-refractivity contribution in [2.75, 3.05) is 0 Å². The molecule has 0 aromatic carbocycles. The molecular weight excluding hydrogens is 154 g/mol. The van der Waals surface area contributed by atoms with Gasteiger partial charge in [-0.1, -0.05) is 13.8 Å². The molecule has 0 saturated heterocycles. The van der Waals surface area contributed by atoms with Gasteiger partial charge >= 0.3 is 0 Å². The van der Waals surface area contributed by atoms with Gasteiger partial charge < -0.3 is 0 Å². The Morgan fingerprint density at radius 2 is 1.91 bits per heavy atom. The van der Waals surface area contributed by atoms with Crippen LogP contribution in [0.1, 0.15) is 29.9 Å². The van der Waals surface area contributed by atoms with Gasteiger partial charge in [0.2, 0.25) is 0 Å². The Hall–Kier alpha value is -0.810. The first kappa shape index (κ1) is 10.2. The number of nitrogens with zero attached hydrogens (tertiary/aromatic N) is 1. The molecule has 2 heteroatoms. The maximum atomic E-state index is 8.49. The highest BCUT2D eigenvalue weighted by Gasteiger charge is 2.00. The summed E-state index contributed by atoms with van der Waals surface area (Å²) in [4.78, 5) is 0.840. The standard InChI is InChI=1S/C7H7NS.C2H6/c1-5-4-9-7(3-8)6(5)2;1-2/h4H,1-2H3;1-2H3. The van der Waals surface area contributed by atoms with Crippen molar-refractivity contribution in [2.45, 2.75) is 27.7 Å². The Morgan fingerprint density at radius 1 is 1.36 bits per heavy atom. The fraction of sp³-hybridized carbons (Fsp3) is 0.444. The van der Waals surface area contributed by atoms with E-state index in [9.17, 15) is 0 Å². The third-order valence-electron chi connectivity index (χ3n) is 1.39. The number of nitriles is 1. The molecule has 0 aliphatic rings. The predicted octanol–water partition coefficient (Wildman–Crippen LogP) is 3.26. The first-order chi connectivity index (χ1) is 5.25. The van der Waals surface area contributed by atoms with E-state index in [1.807, 2.05) is 33.1 Å². The number of thiophene rings is 1. The monoisotopic (exact) mass is 167 g/mol. The van der Waals surface area contributed by atoms with Gasteiger partial charge in [-0.15, -0.1) is 11.3 Å². The lowest BCUT2D eigenvalue weighted by atomic mass is 10.2. The smallest absolute Gasteiger partial charge is 0.110 e. The quantitative estimate of drug-likeness (QED) is 0.581. The van der Waals surface area contributed by atoms with Gasteiger partial charge in [0.05, 0.1) is 0 Å². The first-order valence-electron chi connectivity index (χ1n) is 3.70. The molecule has 1 nitrogen and oxygen atoms in total. The molecule has 0 radical (unpaired) electrons. The Labute approximate surface area is 72.3 Å². The Bertz CT molecular complexity index is 255. The maximum absolute atomic E-state index is 8.49. The van der Waals surface area contributed by atoms with Crippen molar-refractivity contribution in [3.05, 3.63) is 21.4 Å². The lowest BCUT2D eigenvalue weighted by molar-refractivity contribution is 1.38.